The SMILES string of the molecule is O=C1NC(c2cccc(Br)c2)CN1CCS. The van der Waals surface area contributed by atoms with Gasteiger partial charge in [-0.25, -0.2) is 4.79 Å². The molecule has 1 saturated heterocycles. The van der Waals surface area contributed by atoms with Gasteiger partial charge in [0.2, 0.25) is 0 Å². The van der Waals surface area contributed by atoms with E-state index in [0.717, 1.165) is 16.6 Å². The van der Waals surface area contributed by atoms with E-state index in [1.807, 2.05) is 24.3 Å². The number of halogens is 1. The van der Waals surface area contributed by atoms with Gasteiger partial charge in [0.1, 0.15) is 0 Å². The number of carbonyl (C=O) groups excluding carboxylic acids is 1. The molecule has 0 saturated carbocycles. The predicted octanol–water partition coefficient (Wildman–Crippen LogP) is 2.45. The van der Waals surface area contributed by atoms with Crippen LogP contribution in [0.4, 0.5) is 4.79 Å². The topological polar surface area (TPSA) is 32.3 Å². The van der Waals surface area contributed by atoms with Crippen molar-refractivity contribution in [2.24, 2.45) is 0 Å². The molecule has 1 fully saturated rings. The van der Waals surface area contributed by atoms with Gasteiger partial charge in [0.15, 0.2) is 0 Å². The molecular weight excluding hydrogens is 288 g/mol. The van der Waals surface area contributed by atoms with Crippen LogP contribution in [0.3, 0.4) is 0 Å². The number of hydrogen-bond acceptors (Lipinski definition) is 2. The molecule has 1 aromatic rings. The maximum atomic E-state index is 11.6. The van der Waals surface area contributed by atoms with Crippen LogP contribution < -0.4 is 5.32 Å². The summed E-state index contributed by atoms with van der Waals surface area (Å²) in [5.74, 6) is 0.693. The van der Waals surface area contributed by atoms with Crippen molar-refractivity contribution in [3.8, 4) is 0 Å². The number of benzene rings is 1. The Kier molecular flexibility index (Phi) is 3.76. The van der Waals surface area contributed by atoms with Crippen LogP contribution in [-0.4, -0.2) is 29.8 Å². The number of rotatable bonds is 3. The third-order valence-electron chi connectivity index (χ3n) is 2.61. The lowest BCUT2D eigenvalue weighted by Gasteiger charge is -2.12. The Morgan fingerprint density at radius 2 is 2.38 bits per heavy atom. The van der Waals surface area contributed by atoms with Gasteiger partial charge in [-0.2, -0.15) is 12.6 Å². The van der Waals surface area contributed by atoms with E-state index in [-0.39, 0.29) is 12.1 Å². The maximum absolute atomic E-state index is 11.6. The summed E-state index contributed by atoms with van der Waals surface area (Å²) < 4.78 is 1.03. The van der Waals surface area contributed by atoms with Gasteiger partial charge in [0.25, 0.3) is 0 Å². The van der Waals surface area contributed by atoms with Crippen LogP contribution in [-0.2, 0) is 0 Å². The van der Waals surface area contributed by atoms with E-state index in [9.17, 15) is 4.79 Å². The van der Waals surface area contributed by atoms with Crippen molar-refractivity contribution in [3.05, 3.63) is 34.3 Å². The molecule has 2 amide bonds. The molecule has 0 bridgehead atoms. The normalized spacial score (nSPS) is 20.0. The van der Waals surface area contributed by atoms with Gasteiger partial charge in [-0.05, 0) is 17.7 Å². The summed E-state index contributed by atoms with van der Waals surface area (Å²) in [6.07, 6.45) is 0. The van der Waals surface area contributed by atoms with Crippen molar-refractivity contribution in [3.63, 3.8) is 0 Å². The molecule has 1 aliphatic heterocycles. The standard InChI is InChI=1S/C11H13BrN2OS/c12-9-3-1-2-8(6-9)10-7-14(4-5-16)11(15)13-10/h1-3,6,10,16H,4-5,7H2,(H,13,15). The molecular formula is C11H13BrN2OS. The number of urea groups is 1. The summed E-state index contributed by atoms with van der Waals surface area (Å²) in [5.41, 5.74) is 1.13. The highest BCUT2D eigenvalue weighted by molar-refractivity contribution is 9.10. The number of amides is 2. The molecule has 2 rings (SSSR count). The minimum atomic E-state index is -0.000902. The zero-order chi connectivity index (χ0) is 11.5. The molecule has 1 atom stereocenters. The summed E-state index contributed by atoms with van der Waals surface area (Å²) >= 11 is 7.57. The first kappa shape index (κ1) is 11.8. The fourth-order valence-corrected chi connectivity index (χ4v) is 2.47. The van der Waals surface area contributed by atoms with Gasteiger partial charge in [-0.15, -0.1) is 0 Å². The van der Waals surface area contributed by atoms with Crippen molar-refractivity contribution in [1.82, 2.24) is 10.2 Å². The van der Waals surface area contributed by atoms with E-state index in [1.165, 1.54) is 0 Å². The van der Waals surface area contributed by atoms with Crippen LogP contribution in [0.1, 0.15) is 11.6 Å². The third kappa shape index (κ3) is 2.52. The van der Waals surface area contributed by atoms with Crippen molar-refractivity contribution in [2.45, 2.75) is 6.04 Å². The van der Waals surface area contributed by atoms with Crippen LogP contribution in [0, 0.1) is 0 Å². The van der Waals surface area contributed by atoms with Crippen molar-refractivity contribution >= 4 is 34.6 Å². The van der Waals surface area contributed by atoms with Gasteiger partial charge in [0.05, 0.1) is 6.04 Å². The molecule has 0 aromatic heterocycles. The van der Waals surface area contributed by atoms with Gasteiger partial charge < -0.3 is 10.2 Å². The molecule has 1 N–H and O–H groups in total. The molecule has 0 spiro atoms. The van der Waals surface area contributed by atoms with Crippen molar-refractivity contribution in [2.75, 3.05) is 18.8 Å². The number of carbonyl (C=O) groups is 1. The second-order valence-corrected chi connectivity index (χ2v) is 5.09. The lowest BCUT2D eigenvalue weighted by molar-refractivity contribution is 0.220. The van der Waals surface area contributed by atoms with Crippen LogP contribution >= 0.6 is 28.6 Å². The zero-order valence-corrected chi connectivity index (χ0v) is 11.2. The molecule has 86 valence electrons. The second-order valence-electron chi connectivity index (χ2n) is 3.73. The molecule has 16 heavy (non-hydrogen) atoms. The van der Waals surface area contributed by atoms with Gasteiger partial charge in [0, 0.05) is 23.3 Å². The third-order valence-corrected chi connectivity index (χ3v) is 3.30. The van der Waals surface area contributed by atoms with E-state index >= 15 is 0 Å². The van der Waals surface area contributed by atoms with Crippen LogP contribution in [0.5, 0.6) is 0 Å². The molecule has 3 nitrogen and oxygen atoms in total. The Labute approximate surface area is 109 Å². The summed E-state index contributed by atoms with van der Waals surface area (Å²) in [6.45, 7) is 1.41. The first-order chi connectivity index (χ1) is 7.70. The van der Waals surface area contributed by atoms with E-state index in [1.54, 1.807) is 4.90 Å². The minimum absolute atomic E-state index is 0.000902. The van der Waals surface area contributed by atoms with Gasteiger partial charge in [-0.1, -0.05) is 28.1 Å². The number of nitrogens with zero attached hydrogens (tertiary/aromatic N) is 1. The Bertz CT molecular complexity index is 399. The quantitative estimate of drug-likeness (QED) is 0.826. The van der Waals surface area contributed by atoms with Crippen LogP contribution in [0.25, 0.3) is 0 Å². The summed E-state index contributed by atoms with van der Waals surface area (Å²) in [7, 11) is 0. The highest BCUT2D eigenvalue weighted by atomic mass is 79.9. The molecule has 1 aromatic carbocycles. The fraction of sp³-hybridized carbons (Fsp3) is 0.364. The van der Waals surface area contributed by atoms with Crippen molar-refractivity contribution in [1.29, 1.82) is 0 Å². The van der Waals surface area contributed by atoms with Gasteiger partial charge in [-0.3, -0.25) is 0 Å². The summed E-state index contributed by atoms with van der Waals surface area (Å²) in [5, 5.41) is 2.96. The molecule has 1 unspecified atom stereocenters. The fourth-order valence-electron chi connectivity index (χ4n) is 1.81. The maximum Gasteiger partial charge on any atom is 0.318 e. The first-order valence-electron chi connectivity index (χ1n) is 5.12. The molecule has 1 heterocycles. The monoisotopic (exact) mass is 300 g/mol. The van der Waals surface area contributed by atoms with E-state index < -0.39 is 0 Å². The highest BCUT2D eigenvalue weighted by Crippen LogP contribution is 2.22. The van der Waals surface area contributed by atoms with Crippen molar-refractivity contribution < 1.29 is 4.79 Å². The smallest absolute Gasteiger partial charge is 0.318 e. The first-order valence-corrected chi connectivity index (χ1v) is 6.55. The largest absolute Gasteiger partial charge is 0.329 e. The van der Waals surface area contributed by atoms with E-state index in [2.05, 4.69) is 33.9 Å². The Morgan fingerprint density at radius 1 is 1.56 bits per heavy atom. The average Bonchev–Trinajstić information content (AvgIpc) is 2.61. The Hall–Kier alpha value is -0.680. The summed E-state index contributed by atoms with van der Waals surface area (Å²) in [4.78, 5) is 13.4. The molecule has 0 aliphatic carbocycles. The van der Waals surface area contributed by atoms with Crippen LogP contribution in [0.2, 0.25) is 0 Å². The molecule has 1 aliphatic rings. The van der Waals surface area contributed by atoms with E-state index in [0.29, 0.717) is 12.3 Å². The number of hydrogen-bond donors (Lipinski definition) is 2. The van der Waals surface area contributed by atoms with Crippen LogP contribution in [0.15, 0.2) is 28.7 Å². The molecule has 5 heteroatoms. The Morgan fingerprint density at radius 3 is 3.06 bits per heavy atom. The Balaban J connectivity index is 2.10. The lowest BCUT2D eigenvalue weighted by atomic mass is 10.1. The minimum Gasteiger partial charge on any atom is -0.329 e. The number of thiol groups is 1. The summed E-state index contributed by atoms with van der Waals surface area (Å²) in [6, 6.07) is 8.11. The highest BCUT2D eigenvalue weighted by Gasteiger charge is 2.28. The van der Waals surface area contributed by atoms with Gasteiger partial charge >= 0.3 is 6.03 Å². The second kappa shape index (κ2) is 5.10. The number of nitrogens with one attached hydrogen (secondary N) is 1. The average molecular weight is 301 g/mol. The predicted molar refractivity (Wildman–Crippen MR) is 70.8 cm³/mol. The zero-order valence-electron chi connectivity index (χ0n) is 8.69. The molecule has 0 radical (unpaired) electrons. The van der Waals surface area contributed by atoms with E-state index in [4.69, 9.17) is 0 Å². The lowest BCUT2D eigenvalue weighted by Crippen LogP contribution is -2.29.